The van der Waals surface area contributed by atoms with Gasteiger partial charge in [0, 0.05) is 19.1 Å². The molecule has 1 saturated carbocycles. The van der Waals surface area contributed by atoms with Crippen molar-refractivity contribution in [3.05, 3.63) is 0 Å². The first kappa shape index (κ1) is 13.4. The Morgan fingerprint density at radius 1 is 1.39 bits per heavy atom. The van der Waals surface area contributed by atoms with E-state index >= 15 is 0 Å². The molecule has 1 aliphatic rings. The van der Waals surface area contributed by atoms with E-state index in [0.29, 0.717) is 17.1 Å². The average Bonchev–Trinajstić information content (AvgIpc) is 2.64. The number of nitrogens with zero attached hydrogens (tertiary/aromatic N) is 3. The highest BCUT2D eigenvalue weighted by Crippen LogP contribution is 2.41. The summed E-state index contributed by atoms with van der Waals surface area (Å²) in [6.45, 7) is 0.984. The summed E-state index contributed by atoms with van der Waals surface area (Å²) in [5, 5.41) is 1.02. The molecule has 2 rings (SSSR count). The zero-order valence-electron chi connectivity index (χ0n) is 11.6. The molecule has 2 N–H and O–H groups in total. The van der Waals surface area contributed by atoms with Gasteiger partial charge in [0.05, 0.1) is 7.11 Å². The maximum Gasteiger partial charge on any atom is 0.197 e. The van der Waals surface area contributed by atoms with Gasteiger partial charge in [0.2, 0.25) is 0 Å². The first-order chi connectivity index (χ1) is 8.50. The van der Waals surface area contributed by atoms with E-state index in [1.807, 2.05) is 0 Å². The Kier molecular flexibility index (Phi) is 3.68. The third-order valence-electron chi connectivity index (χ3n) is 3.97. The molecule has 6 heteroatoms. The molecule has 0 radical (unpaired) electrons. The highest BCUT2D eigenvalue weighted by atomic mass is 32.1. The number of hydrogen-bond acceptors (Lipinski definition) is 6. The van der Waals surface area contributed by atoms with Crippen LogP contribution in [0.2, 0.25) is 0 Å². The number of ether oxygens (including phenoxy) is 1. The number of nitrogen functional groups attached to an aromatic ring is 1. The van der Waals surface area contributed by atoms with Gasteiger partial charge in [-0.15, -0.1) is 0 Å². The molecular formula is C12H22N4OS. The molecule has 0 atom stereocenters. The van der Waals surface area contributed by atoms with Crippen molar-refractivity contribution < 1.29 is 4.74 Å². The molecule has 1 heterocycles. The minimum absolute atomic E-state index is 0.290. The second-order valence-corrected chi connectivity index (χ2v) is 5.99. The second-order valence-electron chi connectivity index (χ2n) is 5.23. The summed E-state index contributed by atoms with van der Waals surface area (Å²) >= 11 is 1.40. The molecule has 18 heavy (non-hydrogen) atoms. The Morgan fingerprint density at radius 2 is 2.06 bits per heavy atom. The molecule has 0 bridgehead atoms. The lowest BCUT2D eigenvalue weighted by Crippen LogP contribution is -2.56. The lowest BCUT2D eigenvalue weighted by atomic mass is 9.75. The molecule has 102 valence electrons. The van der Waals surface area contributed by atoms with Crippen LogP contribution in [0.4, 0.5) is 10.8 Å². The van der Waals surface area contributed by atoms with Gasteiger partial charge in [0.1, 0.15) is 0 Å². The molecule has 5 nitrogen and oxygen atoms in total. The van der Waals surface area contributed by atoms with Crippen molar-refractivity contribution in [2.75, 3.05) is 45.4 Å². The van der Waals surface area contributed by atoms with Gasteiger partial charge in [-0.25, -0.2) is 0 Å². The summed E-state index contributed by atoms with van der Waals surface area (Å²) in [6, 6.07) is 0. The van der Waals surface area contributed by atoms with Crippen molar-refractivity contribution in [2.24, 2.45) is 0 Å². The fraction of sp³-hybridized carbons (Fsp3) is 0.750. The summed E-state index contributed by atoms with van der Waals surface area (Å²) < 4.78 is 9.50. The van der Waals surface area contributed by atoms with Gasteiger partial charge in [-0.3, -0.25) is 0 Å². The SMILES string of the molecule is COc1c(N)nsc1N(C)CC1(N(C)C)CCC1. The van der Waals surface area contributed by atoms with Crippen LogP contribution in [0.3, 0.4) is 0 Å². The van der Waals surface area contributed by atoms with Crippen molar-refractivity contribution >= 4 is 22.4 Å². The topological polar surface area (TPSA) is 54.6 Å². The zero-order chi connectivity index (χ0) is 13.3. The van der Waals surface area contributed by atoms with E-state index in [9.17, 15) is 0 Å². The van der Waals surface area contributed by atoms with Crippen LogP contribution in [0, 0.1) is 0 Å². The van der Waals surface area contributed by atoms with E-state index < -0.39 is 0 Å². The van der Waals surface area contributed by atoms with Crippen LogP contribution in [-0.4, -0.2) is 49.6 Å². The van der Waals surface area contributed by atoms with Crippen LogP contribution in [0.5, 0.6) is 5.75 Å². The molecule has 1 fully saturated rings. The van der Waals surface area contributed by atoms with Crippen LogP contribution < -0.4 is 15.4 Å². The van der Waals surface area contributed by atoms with E-state index in [1.54, 1.807) is 7.11 Å². The Balaban J connectivity index is 2.14. The maximum absolute atomic E-state index is 5.80. The Morgan fingerprint density at radius 3 is 2.50 bits per heavy atom. The quantitative estimate of drug-likeness (QED) is 0.882. The number of hydrogen-bond donors (Lipinski definition) is 1. The van der Waals surface area contributed by atoms with Gasteiger partial charge in [0.15, 0.2) is 16.6 Å². The number of likely N-dealkylation sites (N-methyl/N-ethyl adjacent to an activating group) is 2. The Hall–Kier alpha value is -1.01. The average molecular weight is 270 g/mol. The van der Waals surface area contributed by atoms with Gasteiger partial charge in [0.25, 0.3) is 0 Å². The number of anilines is 2. The van der Waals surface area contributed by atoms with E-state index in [1.165, 1.54) is 30.8 Å². The highest BCUT2D eigenvalue weighted by molar-refractivity contribution is 7.11. The molecule has 1 aliphatic carbocycles. The first-order valence-electron chi connectivity index (χ1n) is 6.18. The minimum Gasteiger partial charge on any atom is -0.490 e. The summed E-state index contributed by atoms with van der Waals surface area (Å²) in [6.07, 6.45) is 3.82. The van der Waals surface area contributed by atoms with E-state index in [-0.39, 0.29) is 0 Å². The predicted molar refractivity (Wildman–Crippen MR) is 76.6 cm³/mol. The Bertz CT molecular complexity index is 414. The van der Waals surface area contributed by atoms with E-state index in [0.717, 1.165) is 11.5 Å². The third kappa shape index (κ3) is 2.14. The van der Waals surface area contributed by atoms with Crippen molar-refractivity contribution in [1.29, 1.82) is 0 Å². The molecule has 0 saturated heterocycles. The monoisotopic (exact) mass is 270 g/mol. The number of methoxy groups -OCH3 is 1. The summed E-state index contributed by atoms with van der Waals surface area (Å²) in [4.78, 5) is 4.55. The van der Waals surface area contributed by atoms with Gasteiger partial charge in [-0.2, -0.15) is 4.37 Å². The van der Waals surface area contributed by atoms with Crippen LogP contribution >= 0.6 is 11.5 Å². The van der Waals surface area contributed by atoms with Gasteiger partial charge >= 0.3 is 0 Å². The summed E-state index contributed by atoms with van der Waals surface area (Å²) in [5.74, 6) is 1.19. The largest absolute Gasteiger partial charge is 0.490 e. The van der Waals surface area contributed by atoms with Crippen molar-refractivity contribution in [3.8, 4) is 5.75 Å². The molecule has 0 aliphatic heterocycles. The normalized spacial score (nSPS) is 17.6. The van der Waals surface area contributed by atoms with Crippen LogP contribution in [-0.2, 0) is 0 Å². The van der Waals surface area contributed by atoms with E-state index in [2.05, 4.69) is 35.3 Å². The molecule has 0 amide bonds. The Labute approximate surface area is 113 Å². The fourth-order valence-electron chi connectivity index (χ4n) is 2.56. The number of nitrogens with two attached hydrogens (primary N) is 1. The third-order valence-corrected chi connectivity index (χ3v) is 4.93. The lowest BCUT2D eigenvalue weighted by molar-refractivity contribution is 0.0683. The van der Waals surface area contributed by atoms with Crippen molar-refractivity contribution in [1.82, 2.24) is 9.27 Å². The molecule has 1 aromatic rings. The van der Waals surface area contributed by atoms with Gasteiger partial charge in [-0.1, -0.05) is 0 Å². The van der Waals surface area contributed by atoms with Crippen LogP contribution in [0.15, 0.2) is 0 Å². The van der Waals surface area contributed by atoms with Crippen molar-refractivity contribution in [3.63, 3.8) is 0 Å². The minimum atomic E-state index is 0.290. The summed E-state index contributed by atoms with van der Waals surface area (Å²) in [5.41, 5.74) is 6.09. The van der Waals surface area contributed by atoms with Crippen LogP contribution in [0.1, 0.15) is 19.3 Å². The molecule has 0 aromatic carbocycles. The molecule has 0 spiro atoms. The summed E-state index contributed by atoms with van der Waals surface area (Å²) in [7, 11) is 8.04. The van der Waals surface area contributed by atoms with Crippen molar-refractivity contribution in [2.45, 2.75) is 24.8 Å². The maximum atomic E-state index is 5.80. The first-order valence-corrected chi connectivity index (χ1v) is 6.95. The highest BCUT2D eigenvalue weighted by Gasteiger charge is 2.40. The number of rotatable bonds is 5. The standard InChI is InChI=1S/C12H22N4OS/c1-15(2)12(6-5-7-12)8-16(3)11-9(17-4)10(13)14-18-11/h5-8H2,1-4H3,(H2,13,14). The van der Waals surface area contributed by atoms with Crippen LogP contribution in [0.25, 0.3) is 0 Å². The zero-order valence-corrected chi connectivity index (χ0v) is 12.4. The number of aromatic nitrogens is 1. The predicted octanol–water partition coefficient (Wildman–Crippen LogP) is 1.65. The second kappa shape index (κ2) is 4.93. The van der Waals surface area contributed by atoms with Gasteiger partial charge < -0.3 is 20.3 Å². The lowest BCUT2D eigenvalue weighted by Gasteiger charge is -2.49. The molecule has 0 unspecified atom stereocenters. The molecule has 1 aromatic heterocycles. The molecular weight excluding hydrogens is 248 g/mol. The van der Waals surface area contributed by atoms with Gasteiger partial charge in [-0.05, 0) is 44.9 Å². The smallest absolute Gasteiger partial charge is 0.197 e. The fourth-order valence-corrected chi connectivity index (χ4v) is 3.31. The van der Waals surface area contributed by atoms with E-state index in [4.69, 9.17) is 10.5 Å².